The quantitative estimate of drug-likeness (QED) is 0.168. The minimum Gasteiger partial charge on any atom is -0.455 e. The molecule has 1 aliphatic carbocycles. The zero-order chi connectivity index (χ0) is 35.8. The van der Waals surface area contributed by atoms with E-state index >= 15 is 0 Å². The lowest BCUT2D eigenvalue weighted by molar-refractivity contribution is 0.670. The van der Waals surface area contributed by atoms with Crippen LogP contribution in [-0.2, 0) is 5.41 Å². The SMILES string of the molecule is CC1(c2ccc(N(c3ccc(-c4cccc5c4oc4ccccc45)cc3)c3cc4ccccc4c4ncccc34)cc2)c2ccccc2-c2ccccc21. The summed E-state index contributed by atoms with van der Waals surface area (Å²) in [6, 6.07) is 65.6. The molecule has 2 aromatic heterocycles. The third-order valence-electron chi connectivity index (χ3n) is 11.6. The third kappa shape index (κ3) is 4.45. The van der Waals surface area contributed by atoms with Gasteiger partial charge in [0.15, 0.2) is 0 Å². The van der Waals surface area contributed by atoms with Crippen molar-refractivity contribution in [2.75, 3.05) is 4.90 Å². The van der Waals surface area contributed by atoms with Crippen LogP contribution in [-0.4, -0.2) is 4.98 Å². The summed E-state index contributed by atoms with van der Waals surface area (Å²) in [5.41, 5.74) is 14.5. The Morgan fingerprint density at radius 3 is 1.85 bits per heavy atom. The first-order valence-corrected chi connectivity index (χ1v) is 18.5. The van der Waals surface area contributed by atoms with E-state index in [4.69, 9.17) is 9.40 Å². The fourth-order valence-corrected chi connectivity index (χ4v) is 8.97. The van der Waals surface area contributed by atoms with Gasteiger partial charge in [0.2, 0.25) is 0 Å². The lowest BCUT2D eigenvalue weighted by Gasteiger charge is -2.30. The molecule has 0 bridgehead atoms. The Kier molecular flexibility index (Phi) is 6.68. The zero-order valence-electron chi connectivity index (χ0n) is 29.7. The van der Waals surface area contributed by atoms with Gasteiger partial charge in [-0.25, -0.2) is 0 Å². The molecule has 0 saturated heterocycles. The average Bonchev–Trinajstić information content (AvgIpc) is 3.75. The minimum atomic E-state index is -0.268. The Morgan fingerprint density at radius 1 is 0.500 bits per heavy atom. The fraction of sp³-hybridized carbons (Fsp3) is 0.0392. The molecule has 3 heteroatoms. The molecule has 2 heterocycles. The lowest BCUT2D eigenvalue weighted by atomic mass is 9.74. The van der Waals surface area contributed by atoms with Crippen molar-refractivity contribution in [3.05, 3.63) is 205 Å². The zero-order valence-corrected chi connectivity index (χ0v) is 29.7. The third-order valence-corrected chi connectivity index (χ3v) is 11.6. The molecular weight excluding hydrogens is 657 g/mol. The maximum absolute atomic E-state index is 6.43. The van der Waals surface area contributed by atoms with Crippen LogP contribution in [0.1, 0.15) is 23.6 Å². The summed E-state index contributed by atoms with van der Waals surface area (Å²) in [6.07, 6.45) is 1.89. The van der Waals surface area contributed by atoms with Crippen molar-refractivity contribution in [3.8, 4) is 22.3 Å². The van der Waals surface area contributed by atoms with Gasteiger partial charge in [0.1, 0.15) is 11.2 Å². The van der Waals surface area contributed by atoms with Crippen LogP contribution in [0.5, 0.6) is 0 Å². The number of pyridine rings is 1. The predicted molar refractivity (Wildman–Crippen MR) is 224 cm³/mol. The van der Waals surface area contributed by atoms with E-state index in [2.05, 4.69) is 176 Å². The van der Waals surface area contributed by atoms with Crippen molar-refractivity contribution in [2.45, 2.75) is 12.3 Å². The van der Waals surface area contributed by atoms with E-state index in [0.29, 0.717) is 0 Å². The Balaban J connectivity index is 1.08. The summed E-state index contributed by atoms with van der Waals surface area (Å²) in [5, 5.41) is 5.66. The minimum absolute atomic E-state index is 0.268. The maximum atomic E-state index is 6.43. The largest absolute Gasteiger partial charge is 0.455 e. The molecule has 1 aliphatic rings. The Hall–Kier alpha value is -6.97. The second-order valence-corrected chi connectivity index (χ2v) is 14.4. The van der Waals surface area contributed by atoms with E-state index in [9.17, 15) is 0 Å². The van der Waals surface area contributed by atoms with Gasteiger partial charge in [0.25, 0.3) is 0 Å². The van der Waals surface area contributed by atoms with Gasteiger partial charge in [0, 0.05) is 50.1 Å². The molecular formula is C51H34N2O. The molecule has 0 N–H and O–H groups in total. The second-order valence-electron chi connectivity index (χ2n) is 14.4. The molecule has 0 saturated carbocycles. The maximum Gasteiger partial charge on any atom is 0.143 e. The summed E-state index contributed by atoms with van der Waals surface area (Å²) in [5.74, 6) is 0. The number of furan rings is 1. The summed E-state index contributed by atoms with van der Waals surface area (Å²) >= 11 is 0. The van der Waals surface area contributed by atoms with Gasteiger partial charge in [-0.05, 0) is 94.2 Å². The van der Waals surface area contributed by atoms with Crippen LogP contribution in [0.3, 0.4) is 0 Å². The molecule has 10 aromatic rings. The van der Waals surface area contributed by atoms with Crippen LogP contribution in [0.4, 0.5) is 17.1 Å². The highest BCUT2D eigenvalue weighted by Crippen LogP contribution is 2.53. The smallest absolute Gasteiger partial charge is 0.143 e. The second kappa shape index (κ2) is 11.8. The Labute approximate surface area is 313 Å². The first kappa shape index (κ1) is 30.6. The molecule has 11 rings (SSSR count). The number of rotatable bonds is 5. The monoisotopic (exact) mass is 690 g/mol. The van der Waals surface area contributed by atoms with Crippen molar-refractivity contribution in [2.24, 2.45) is 0 Å². The first-order chi connectivity index (χ1) is 26.7. The van der Waals surface area contributed by atoms with Crippen molar-refractivity contribution >= 4 is 60.7 Å². The first-order valence-electron chi connectivity index (χ1n) is 18.5. The highest BCUT2D eigenvalue weighted by Gasteiger charge is 2.40. The van der Waals surface area contributed by atoms with Crippen LogP contribution in [0.25, 0.3) is 65.9 Å². The van der Waals surface area contributed by atoms with Gasteiger partial charge < -0.3 is 9.32 Å². The van der Waals surface area contributed by atoms with Gasteiger partial charge in [-0.3, -0.25) is 4.98 Å². The Morgan fingerprint density at radius 2 is 1.09 bits per heavy atom. The normalized spacial score (nSPS) is 13.1. The van der Waals surface area contributed by atoms with Gasteiger partial charge in [-0.15, -0.1) is 0 Å². The van der Waals surface area contributed by atoms with Crippen LogP contribution >= 0.6 is 0 Å². The van der Waals surface area contributed by atoms with E-state index in [0.717, 1.165) is 71.8 Å². The van der Waals surface area contributed by atoms with E-state index in [-0.39, 0.29) is 5.41 Å². The lowest BCUT2D eigenvalue weighted by Crippen LogP contribution is -2.22. The molecule has 0 spiro atoms. The number of fused-ring (bicyclic) bond motifs is 9. The van der Waals surface area contributed by atoms with Crippen molar-refractivity contribution in [1.29, 1.82) is 0 Å². The fourth-order valence-electron chi connectivity index (χ4n) is 8.97. The van der Waals surface area contributed by atoms with Crippen molar-refractivity contribution in [1.82, 2.24) is 4.98 Å². The van der Waals surface area contributed by atoms with Crippen LogP contribution in [0.2, 0.25) is 0 Å². The Bertz CT molecular complexity index is 3020. The molecule has 0 amide bonds. The van der Waals surface area contributed by atoms with Crippen LogP contribution in [0.15, 0.2) is 193 Å². The number of anilines is 3. The van der Waals surface area contributed by atoms with Crippen molar-refractivity contribution in [3.63, 3.8) is 0 Å². The number of benzene rings is 8. The molecule has 0 unspecified atom stereocenters. The molecule has 54 heavy (non-hydrogen) atoms. The van der Waals surface area contributed by atoms with Crippen LogP contribution < -0.4 is 4.90 Å². The number of para-hydroxylation sites is 2. The standard InChI is InChI=1S/C51H34N2O/c1-51(45-20-7-4-14-40(45)41-15-5-8-21-46(41)51)35-25-29-37(30-26-35)53(47-32-34-12-2-3-13-38(34)49-44(47)19-11-31-52-49)36-27-23-33(24-28-36)39-17-10-18-43-42-16-6-9-22-48(42)54-50(39)43/h2-32H,1H3. The topological polar surface area (TPSA) is 29.3 Å². The molecule has 3 nitrogen and oxygen atoms in total. The average molecular weight is 691 g/mol. The van der Waals surface area contributed by atoms with Gasteiger partial charge in [-0.1, -0.05) is 133 Å². The van der Waals surface area contributed by atoms with Gasteiger partial charge >= 0.3 is 0 Å². The summed E-state index contributed by atoms with van der Waals surface area (Å²) in [4.78, 5) is 7.30. The molecule has 254 valence electrons. The van der Waals surface area contributed by atoms with Gasteiger partial charge in [-0.2, -0.15) is 0 Å². The highest BCUT2D eigenvalue weighted by atomic mass is 16.3. The summed E-state index contributed by atoms with van der Waals surface area (Å²) in [6.45, 7) is 2.37. The summed E-state index contributed by atoms with van der Waals surface area (Å²) < 4.78 is 6.43. The number of hydrogen-bond acceptors (Lipinski definition) is 3. The van der Waals surface area contributed by atoms with E-state index < -0.39 is 0 Å². The van der Waals surface area contributed by atoms with Crippen LogP contribution in [0, 0.1) is 0 Å². The van der Waals surface area contributed by atoms with E-state index in [1.165, 1.54) is 27.8 Å². The van der Waals surface area contributed by atoms with E-state index in [1.54, 1.807) is 0 Å². The van der Waals surface area contributed by atoms with Crippen molar-refractivity contribution < 1.29 is 4.42 Å². The highest BCUT2D eigenvalue weighted by molar-refractivity contribution is 6.13. The molecule has 8 aromatic carbocycles. The number of hydrogen-bond donors (Lipinski definition) is 0. The molecule has 0 fully saturated rings. The molecule has 0 radical (unpaired) electrons. The number of aromatic nitrogens is 1. The predicted octanol–water partition coefficient (Wildman–Crippen LogP) is 13.8. The molecule has 0 atom stereocenters. The van der Waals surface area contributed by atoms with E-state index in [1.807, 2.05) is 24.4 Å². The van der Waals surface area contributed by atoms with Gasteiger partial charge in [0.05, 0.1) is 11.2 Å². The summed E-state index contributed by atoms with van der Waals surface area (Å²) in [7, 11) is 0. The number of nitrogens with zero attached hydrogens (tertiary/aromatic N) is 2. The molecule has 0 aliphatic heterocycles.